The molecule has 0 radical (unpaired) electrons. The molecule has 3 rings (SSSR count). The molecule has 1 saturated heterocycles. The summed E-state index contributed by atoms with van der Waals surface area (Å²) in [4.78, 5) is 26.4. The van der Waals surface area contributed by atoms with Crippen molar-refractivity contribution >= 4 is 11.8 Å². The van der Waals surface area contributed by atoms with Crippen molar-refractivity contribution < 1.29 is 14.0 Å². The van der Waals surface area contributed by atoms with Crippen LogP contribution in [0.3, 0.4) is 0 Å². The van der Waals surface area contributed by atoms with Gasteiger partial charge in [-0.2, -0.15) is 0 Å². The summed E-state index contributed by atoms with van der Waals surface area (Å²) in [7, 11) is 0. The average molecular weight is 277 g/mol. The van der Waals surface area contributed by atoms with Crippen LogP contribution < -0.4 is 10.6 Å². The van der Waals surface area contributed by atoms with E-state index < -0.39 is 6.04 Å². The van der Waals surface area contributed by atoms with Gasteiger partial charge in [-0.25, -0.2) is 0 Å². The zero-order valence-electron chi connectivity index (χ0n) is 11.5. The number of aryl methyl sites for hydroxylation is 1. The molecule has 2 N–H and O–H groups in total. The highest BCUT2D eigenvalue weighted by Crippen LogP contribution is 2.20. The zero-order valence-corrected chi connectivity index (χ0v) is 11.5. The van der Waals surface area contributed by atoms with E-state index in [2.05, 4.69) is 10.6 Å². The summed E-state index contributed by atoms with van der Waals surface area (Å²) in [5.74, 6) is 0.0540. The molecule has 0 aromatic carbocycles. The van der Waals surface area contributed by atoms with E-state index in [0.717, 1.165) is 18.4 Å². The van der Waals surface area contributed by atoms with Gasteiger partial charge in [0.25, 0.3) is 5.91 Å². The number of amides is 2. The van der Waals surface area contributed by atoms with E-state index in [1.165, 1.54) is 6.26 Å². The number of nitrogens with one attached hydrogen (secondary N) is 2. The summed E-state index contributed by atoms with van der Waals surface area (Å²) < 4.78 is 5.26. The predicted molar refractivity (Wildman–Crippen MR) is 72.3 cm³/mol. The highest BCUT2D eigenvalue weighted by Gasteiger charge is 2.36. The van der Waals surface area contributed by atoms with Crippen molar-refractivity contribution in [3.63, 3.8) is 0 Å². The minimum Gasteiger partial charge on any atom is -0.459 e. The lowest BCUT2D eigenvalue weighted by molar-refractivity contribution is -0.126. The summed E-state index contributed by atoms with van der Waals surface area (Å²) >= 11 is 0. The van der Waals surface area contributed by atoms with Crippen molar-refractivity contribution in [2.24, 2.45) is 0 Å². The Morgan fingerprint density at radius 2 is 2.25 bits per heavy atom. The maximum Gasteiger partial charge on any atom is 0.290 e. The monoisotopic (exact) mass is 277 g/mol. The smallest absolute Gasteiger partial charge is 0.290 e. The molecule has 1 aliphatic heterocycles. The second kappa shape index (κ2) is 5.28. The van der Waals surface area contributed by atoms with Gasteiger partial charge in [-0.1, -0.05) is 0 Å². The quantitative estimate of drug-likeness (QED) is 0.832. The molecule has 1 atom stereocenters. The van der Waals surface area contributed by atoms with Crippen molar-refractivity contribution in [3.05, 3.63) is 23.7 Å². The zero-order chi connectivity index (χ0) is 14.1. The van der Waals surface area contributed by atoms with Crippen LogP contribution in [0.2, 0.25) is 0 Å². The van der Waals surface area contributed by atoms with Crippen LogP contribution in [0.5, 0.6) is 0 Å². The van der Waals surface area contributed by atoms with Gasteiger partial charge in [-0.05, 0) is 25.8 Å². The number of rotatable bonds is 3. The second-order valence-electron chi connectivity index (χ2n) is 5.43. The molecule has 20 heavy (non-hydrogen) atoms. The Hall–Kier alpha value is -1.82. The fourth-order valence-electron chi connectivity index (χ4n) is 2.43. The molecule has 6 heteroatoms. The number of piperazine rings is 1. The van der Waals surface area contributed by atoms with Crippen LogP contribution in [0.1, 0.15) is 29.0 Å². The van der Waals surface area contributed by atoms with Gasteiger partial charge in [0.15, 0.2) is 5.76 Å². The normalized spacial score (nSPS) is 22.6. The van der Waals surface area contributed by atoms with Crippen molar-refractivity contribution in [2.75, 3.05) is 19.6 Å². The highest BCUT2D eigenvalue weighted by atomic mass is 16.3. The first-order valence-corrected chi connectivity index (χ1v) is 7.03. The molecule has 0 bridgehead atoms. The largest absolute Gasteiger partial charge is 0.459 e. The van der Waals surface area contributed by atoms with Crippen LogP contribution in [0, 0.1) is 6.92 Å². The third-order valence-electron chi connectivity index (χ3n) is 3.79. The first-order chi connectivity index (χ1) is 9.66. The number of carbonyl (C=O) groups excluding carboxylic acids is 2. The van der Waals surface area contributed by atoms with Crippen LogP contribution >= 0.6 is 0 Å². The van der Waals surface area contributed by atoms with Gasteiger partial charge in [-0.15, -0.1) is 0 Å². The lowest BCUT2D eigenvalue weighted by Crippen LogP contribution is -2.59. The van der Waals surface area contributed by atoms with Gasteiger partial charge >= 0.3 is 0 Å². The van der Waals surface area contributed by atoms with Crippen LogP contribution in [0.4, 0.5) is 0 Å². The standard InChI is InChI=1S/C14H19N3O3/c1-9-4-7-20-12(9)14(19)17-6-5-15-8-11(17)13(18)16-10-2-3-10/h4,7,10-11,15H,2-3,5-6,8H2,1H3,(H,16,18). The van der Waals surface area contributed by atoms with E-state index in [1.54, 1.807) is 11.0 Å². The van der Waals surface area contributed by atoms with Gasteiger partial charge in [0, 0.05) is 31.2 Å². The van der Waals surface area contributed by atoms with Gasteiger partial charge in [-0.3, -0.25) is 9.59 Å². The number of carbonyl (C=O) groups is 2. The molecule has 1 unspecified atom stereocenters. The maximum absolute atomic E-state index is 12.5. The number of furan rings is 1. The van der Waals surface area contributed by atoms with E-state index in [4.69, 9.17) is 4.42 Å². The molecule has 2 amide bonds. The van der Waals surface area contributed by atoms with Crippen LogP contribution in [-0.4, -0.2) is 48.4 Å². The van der Waals surface area contributed by atoms with Crippen LogP contribution in [0.25, 0.3) is 0 Å². The van der Waals surface area contributed by atoms with Crippen LogP contribution in [-0.2, 0) is 4.79 Å². The number of hydrogen-bond donors (Lipinski definition) is 2. The fourth-order valence-corrected chi connectivity index (χ4v) is 2.43. The molecule has 1 aromatic heterocycles. The fraction of sp³-hybridized carbons (Fsp3) is 0.571. The summed E-state index contributed by atoms with van der Waals surface area (Å²) in [6.45, 7) is 3.53. The third-order valence-corrected chi connectivity index (χ3v) is 3.79. The minimum atomic E-state index is -0.457. The van der Waals surface area contributed by atoms with Gasteiger partial charge in [0.05, 0.1) is 6.26 Å². The predicted octanol–water partition coefficient (Wildman–Crippen LogP) is 0.281. The molecule has 1 aromatic rings. The maximum atomic E-state index is 12.5. The van der Waals surface area contributed by atoms with E-state index >= 15 is 0 Å². The van der Waals surface area contributed by atoms with Gasteiger partial charge < -0.3 is 20.0 Å². The Morgan fingerprint density at radius 3 is 2.90 bits per heavy atom. The minimum absolute atomic E-state index is 0.0720. The third kappa shape index (κ3) is 2.56. The average Bonchev–Trinajstić information content (AvgIpc) is 3.17. The lowest BCUT2D eigenvalue weighted by atomic mass is 10.1. The molecule has 2 fully saturated rings. The van der Waals surface area contributed by atoms with Crippen molar-refractivity contribution in [1.29, 1.82) is 0 Å². The summed E-state index contributed by atoms with van der Waals surface area (Å²) in [6, 6.07) is 1.60. The van der Waals surface area contributed by atoms with Gasteiger partial charge in [0.1, 0.15) is 6.04 Å². The summed E-state index contributed by atoms with van der Waals surface area (Å²) in [5, 5.41) is 6.13. The highest BCUT2D eigenvalue weighted by molar-refractivity contribution is 5.96. The molecular formula is C14H19N3O3. The topological polar surface area (TPSA) is 74.6 Å². The molecule has 2 heterocycles. The first-order valence-electron chi connectivity index (χ1n) is 7.03. The van der Waals surface area contributed by atoms with Gasteiger partial charge in [0.2, 0.25) is 5.91 Å². The van der Waals surface area contributed by atoms with E-state index in [1.807, 2.05) is 6.92 Å². The number of nitrogens with zero attached hydrogens (tertiary/aromatic N) is 1. The Bertz CT molecular complexity index is 521. The Kier molecular flexibility index (Phi) is 3.48. The van der Waals surface area contributed by atoms with Crippen molar-refractivity contribution in [1.82, 2.24) is 15.5 Å². The molecule has 1 saturated carbocycles. The molecule has 6 nitrogen and oxygen atoms in total. The summed E-state index contributed by atoms with van der Waals surface area (Å²) in [5.41, 5.74) is 0.801. The van der Waals surface area contributed by atoms with Crippen molar-refractivity contribution in [3.8, 4) is 0 Å². The molecular weight excluding hydrogens is 258 g/mol. The van der Waals surface area contributed by atoms with E-state index in [0.29, 0.717) is 31.4 Å². The van der Waals surface area contributed by atoms with Crippen LogP contribution in [0.15, 0.2) is 16.7 Å². The molecule has 108 valence electrons. The Labute approximate surface area is 117 Å². The SMILES string of the molecule is Cc1ccoc1C(=O)N1CCNCC1C(=O)NC1CC1. The lowest BCUT2D eigenvalue weighted by Gasteiger charge is -2.34. The van der Waals surface area contributed by atoms with E-state index in [9.17, 15) is 9.59 Å². The molecule has 0 spiro atoms. The van der Waals surface area contributed by atoms with E-state index in [-0.39, 0.29) is 11.8 Å². The molecule has 2 aliphatic rings. The Morgan fingerprint density at radius 1 is 1.45 bits per heavy atom. The Balaban J connectivity index is 1.75. The van der Waals surface area contributed by atoms with Crippen molar-refractivity contribution in [2.45, 2.75) is 31.8 Å². The summed E-state index contributed by atoms with van der Waals surface area (Å²) in [6.07, 6.45) is 3.58. The second-order valence-corrected chi connectivity index (χ2v) is 5.43. The first kappa shape index (κ1) is 13.2. The molecule has 1 aliphatic carbocycles. The number of hydrogen-bond acceptors (Lipinski definition) is 4.